The van der Waals surface area contributed by atoms with Crippen LogP contribution in [-0.4, -0.2) is 9.97 Å². The fourth-order valence-electron chi connectivity index (χ4n) is 10.5. The highest BCUT2D eigenvalue weighted by atomic mass is 16.5. The SMILES string of the molecule is CC(C)(C)c1cc(COc2c3c(c(OCc4cc(C(C)(C)C)cc(C(C)(C)C)c4)c4c2C2CCC4c4c[nH]cc42)C2CCC3c3c[nH]cc32)cc(C(C)(C)C)c1. The van der Waals surface area contributed by atoms with Gasteiger partial charge in [0.1, 0.15) is 24.7 Å². The molecule has 2 N–H and O–H groups in total. The third-order valence-corrected chi connectivity index (χ3v) is 13.8. The fraction of sp³-hybridized carbons (Fsp3) is 0.500. The number of hydrogen-bond donors (Lipinski definition) is 2. The minimum Gasteiger partial charge on any atom is -0.488 e. The lowest BCUT2D eigenvalue weighted by atomic mass is 9.58. The summed E-state index contributed by atoms with van der Waals surface area (Å²) in [5, 5.41) is 0. The van der Waals surface area contributed by atoms with Gasteiger partial charge in [-0.2, -0.15) is 0 Å². The van der Waals surface area contributed by atoms with Crippen molar-refractivity contribution in [2.45, 2.75) is 167 Å². The largest absolute Gasteiger partial charge is 0.488 e. The fourth-order valence-corrected chi connectivity index (χ4v) is 10.5. The molecule has 4 bridgehead atoms. The van der Waals surface area contributed by atoms with Gasteiger partial charge in [-0.15, -0.1) is 0 Å². The van der Waals surface area contributed by atoms with Crippen LogP contribution in [0.1, 0.15) is 210 Å². The normalized spacial score (nSPS) is 21.1. The van der Waals surface area contributed by atoms with E-state index in [4.69, 9.17) is 9.47 Å². The second-order valence-corrected chi connectivity index (χ2v) is 21.8. The summed E-state index contributed by atoms with van der Waals surface area (Å²) in [7, 11) is 0. The van der Waals surface area contributed by atoms with Crippen molar-refractivity contribution in [3.63, 3.8) is 0 Å². The van der Waals surface area contributed by atoms with Crippen LogP contribution >= 0.6 is 0 Å². The van der Waals surface area contributed by atoms with E-state index in [0.29, 0.717) is 13.2 Å². The lowest BCUT2D eigenvalue weighted by Crippen LogP contribution is -2.31. The number of aromatic nitrogens is 2. The molecule has 6 aliphatic carbocycles. The van der Waals surface area contributed by atoms with Crippen molar-refractivity contribution in [3.8, 4) is 11.5 Å². The number of rotatable bonds is 6. The van der Waals surface area contributed by atoms with Crippen LogP contribution in [0.4, 0.5) is 0 Å². The van der Waals surface area contributed by atoms with Gasteiger partial charge in [0.2, 0.25) is 0 Å². The molecule has 11 rings (SSSR count). The van der Waals surface area contributed by atoms with Crippen molar-refractivity contribution in [1.29, 1.82) is 0 Å². The molecule has 0 amide bonds. The third kappa shape index (κ3) is 6.07. The molecule has 2 heterocycles. The average Bonchev–Trinajstić information content (AvgIpc) is 3.84. The summed E-state index contributed by atoms with van der Waals surface area (Å²) < 4.78 is 14.9. The predicted molar refractivity (Wildman–Crippen MR) is 230 cm³/mol. The summed E-state index contributed by atoms with van der Waals surface area (Å²) in [6.07, 6.45) is 13.6. The van der Waals surface area contributed by atoms with E-state index in [1.165, 1.54) is 77.9 Å². The van der Waals surface area contributed by atoms with E-state index in [0.717, 1.165) is 37.2 Å². The highest BCUT2D eigenvalue weighted by Crippen LogP contribution is 2.66. The van der Waals surface area contributed by atoms with Crippen LogP contribution in [-0.2, 0) is 34.9 Å². The van der Waals surface area contributed by atoms with E-state index in [-0.39, 0.29) is 45.3 Å². The molecule has 0 aliphatic heterocycles. The Morgan fingerprint density at radius 1 is 0.411 bits per heavy atom. The summed E-state index contributed by atoms with van der Waals surface area (Å²) in [5.41, 5.74) is 19.5. The molecule has 294 valence electrons. The highest BCUT2D eigenvalue weighted by Gasteiger charge is 2.49. The Bertz CT molecular complexity index is 2030. The minimum atomic E-state index is 0.0427. The maximum Gasteiger partial charge on any atom is 0.128 e. The van der Waals surface area contributed by atoms with E-state index in [9.17, 15) is 0 Å². The molecule has 4 nitrogen and oxygen atoms in total. The van der Waals surface area contributed by atoms with Gasteiger partial charge in [-0.3, -0.25) is 0 Å². The van der Waals surface area contributed by atoms with Crippen LogP contribution < -0.4 is 9.47 Å². The Morgan fingerprint density at radius 2 is 0.661 bits per heavy atom. The topological polar surface area (TPSA) is 50.0 Å². The smallest absolute Gasteiger partial charge is 0.128 e. The van der Waals surface area contributed by atoms with Crippen LogP contribution in [0.15, 0.2) is 61.2 Å². The highest BCUT2D eigenvalue weighted by molar-refractivity contribution is 5.74. The first kappa shape index (κ1) is 37.4. The van der Waals surface area contributed by atoms with E-state index >= 15 is 0 Å². The number of H-pyrrole nitrogens is 2. The molecule has 0 fully saturated rings. The minimum absolute atomic E-state index is 0.0427. The molecule has 56 heavy (non-hydrogen) atoms. The number of benzene rings is 3. The quantitative estimate of drug-likeness (QED) is 0.182. The van der Waals surface area contributed by atoms with E-state index in [2.05, 4.69) is 154 Å². The van der Waals surface area contributed by atoms with Crippen molar-refractivity contribution in [2.24, 2.45) is 0 Å². The molecular weight excluding hydrogens is 685 g/mol. The van der Waals surface area contributed by atoms with Gasteiger partial charge in [0.25, 0.3) is 0 Å². The number of fused-ring (bicyclic) bond motifs is 2. The molecule has 4 heteroatoms. The predicted octanol–water partition coefficient (Wildman–Crippen LogP) is 13.4. The molecule has 0 saturated carbocycles. The molecule has 6 aliphatic rings. The summed E-state index contributed by atoms with van der Waals surface area (Å²) >= 11 is 0. The Hall–Kier alpha value is -4.18. The van der Waals surface area contributed by atoms with Crippen molar-refractivity contribution >= 4 is 0 Å². The van der Waals surface area contributed by atoms with Crippen molar-refractivity contribution in [1.82, 2.24) is 9.97 Å². The second kappa shape index (κ2) is 12.7. The zero-order valence-corrected chi connectivity index (χ0v) is 36.1. The maximum absolute atomic E-state index is 7.46. The number of hydrogen-bond acceptors (Lipinski definition) is 2. The van der Waals surface area contributed by atoms with Gasteiger partial charge in [-0.1, -0.05) is 119 Å². The van der Waals surface area contributed by atoms with Crippen LogP contribution in [0.2, 0.25) is 0 Å². The average molecular weight is 749 g/mol. The van der Waals surface area contributed by atoms with Gasteiger partial charge in [0.05, 0.1) is 0 Å². The first-order chi connectivity index (χ1) is 26.3. The molecule has 5 aromatic rings. The number of ether oxygens (including phenoxy) is 2. The third-order valence-electron chi connectivity index (χ3n) is 13.8. The van der Waals surface area contributed by atoms with E-state index in [1.807, 2.05) is 0 Å². The number of aromatic amines is 2. The van der Waals surface area contributed by atoms with Gasteiger partial charge in [-0.05, 0) is 103 Å². The summed E-state index contributed by atoms with van der Waals surface area (Å²) in [4.78, 5) is 7.07. The Balaban J connectivity index is 1.23. The summed E-state index contributed by atoms with van der Waals surface area (Å²) in [5.74, 6) is 3.43. The zero-order valence-electron chi connectivity index (χ0n) is 36.1. The van der Waals surface area contributed by atoms with Crippen LogP contribution in [0.5, 0.6) is 11.5 Å². The van der Waals surface area contributed by atoms with Gasteiger partial charge < -0.3 is 19.4 Å². The Kier molecular flexibility index (Phi) is 8.45. The van der Waals surface area contributed by atoms with Gasteiger partial charge in [0.15, 0.2) is 0 Å². The van der Waals surface area contributed by atoms with E-state index < -0.39 is 0 Å². The first-order valence-corrected chi connectivity index (χ1v) is 21.4. The molecular formula is C52H64N2O2. The van der Waals surface area contributed by atoms with Gasteiger partial charge in [-0.25, -0.2) is 0 Å². The van der Waals surface area contributed by atoms with Crippen molar-refractivity contribution in [2.75, 3.05) is 0 Å². The monoisotopic (exact) mass is 748 g/mol. The first-order valence-electron chi connectivity index (χ1n) is 21.4. The molecule has 3 aromatic carbocycles. The van der Waals surface area contributed by atoms with E-state index in [1.54, 1.807) is 0 Å². The van der Waals surface area contributed by atoms with Crippen molar-refractivity contribution < 1.29 is 9.47 Å². The van der Waals surface area contributed by atoms with Crippen LogP contribution in [0.25, 0.3) is 0 Å². The van der Waals surface area contributed by atoms with Gasteiger partial charge in [0, 0.05) is 70.7 Å². The number of nitrogens with one attached hydrogen (secondary N) is 2. The van der Waals surface area contributed by atoms with Gasteiger partial charge >= 0.3 is 0 Å². The molecule has 2 aromatic heterocycles. The summed E-state index contributed by atoms with van der Waals surface area (Å²) in [6.45, 7) is 29.0. The van der Waals surface area contributed by atoms with Crippen LogP contribution in [0.3, 0.4) is 0 Å². The standard InChI is InChI=1S/C52H64N2O2/c1-49(2,3)31-17-29(18-32(21-31)50(4,5)6)27-55-47-43-35-13-15-37(41-25-53-23-39(35)41)45(43)48(46-38-16-14-36(44(46)47)40-24-54-26-42(38)40)56-28-30-19-33(51(7,8)9)22-34(20-30)52(10,11)12/h17-26,35-38,53-54H,13-16,27-28H2,1-12H3. The molecule has 0 radical (unpaired) electrons. The molecule has 4 unspecified atom stereocenters. The molecule has 0 saturated heterocycles. The molecule has 0 spiro atoms. The Morgan fingerprint density at radius 3 is 0.893 bits per heavy atom. The lowest BCUT2D eigenvalue weighted by molar-refractivity contribution is 0.270. The Labute approximate surface area is 336 Å². The summed E-state index contributed by atoms with van der Waals surface area (Å²) in [6, 6.07) is 14.4. The lowest BCUT2D eigenvalue weighted by Gasteiger charge is -2.46. The molecule has 4 atom stereocenters. The van der Waals surface area contributed by atoms with Crippen molar-refractivity contribution in [3.05, 3.63) is 139 Å². The maximum atomic E-state index is 7.46. The van der Waals surface area contributed by atoms with Crippen LogP contribution in [0, 0.1) is 0 Å². The zero-order chi connectivity index (χ0) is 39.7. The second-order valence-electron chi connectivity index (χ2n) is 21.8.